The highest BCUT2D eigenvalue weighted by molar-refractivity contribution is 6.01. The highest BCUT2D eigenvalue weighted by Gasteiger charge is 2.62. The SMILES string of the molecule is CCC(=O)O.CCC(=O)O.C[C@]1(O)CC[C@H]2[C@@H]3CCC4=CC(=O)C=C[C@]4(CO)[C@H]3CC[C@@]21C. The van der Waals surface area contributed by atoms with Gasteiger partial charge in [0.25, 0.3) is 0 Å². The van der Waals surface area contributed by atoms with Gasteiger partial charge in [-0.15, -0.1) is 0 Å². The lowest BCUT2D eigenvalue weighted by Gasteiger charge is -2.58. The van der Waals surface area contributed by atoms with Crippen molar-refractivity contribution in [3.8, 4) is 0 Å². The van der Waals surface area contributed by atoms with Gasteiger partial charge in [-0.05, 0) is 80.8 Å². The number of aliphatic hydroxyl groups excluding tert-OH is 1. The molecule has 6 atom stereocenters. The van der Waals surface area contributed by atoms with Crippen molar-refractivity contribution in [3.63, 3.8) is 0 Å². The number of carbonyl (C=O) groups excluding carboxylic acids is 1. The van der Waals surface area contributed by atoms with Crippen LogP contribution in [0.4, 0.5) is 0 Å². The summed E-state index contributed by atoms with van der Waals surface area (Å²) in [5.74, 6) is 0.0583. The molecule has 4 aliphatic rings. The van der Waals surface area contributed by atoms with Gasteiger partial charge in [-0.1, -0.05) is 32.4 Å². The standard InChI is InChI=1S/C20H28O3.2C3H6O2/c1-18-8-6-17-15(16(18)7-9-19(18,2)23)4-3-13-11-14(22)5-10-20(13,17)12-21;2*1-2-3(4)5/h5,10-11,15-17,21,23H,3-4,6-9,12H2,1-2H3;2*2H2,1H3,(H,4,5)/t15-,16-,17-,18-,19-,20+;;/m0../s1. The van der Waals surface area contributed by atoms with Crippen molar-refractivity contribution in [2.75, 3.05) is 6.61 Å². The van der Waals surface area contributed by atoms with Crippen LogP contribution in [0, 0.1) is 28.6 Å². The molecule has 3 saturated carbocycles. The summed E-state index contributed by atoms with van der Waals surface area (Å²) in [5, 5.41) is 36.6. The predicted molar refractivity (Wildman–Crippen MR) is 125 cm³/mol. The fourth-order valence-electron chi connectivity index (χ4n) is 6.53. The number of carboxylic acids is 2. The lowest BCUT2D eigenvalue weighted by atomic mass is 9.47. The van der Waals surface area contributed by atoms with E-state index in [-0.39, 0.29) is 36.1 Å². The van der Waals surface area contributed by atoms with Gasteiger partial charge >= 0.3 is 11.9 Å². The molecule has 0 radical (unpaired) electrons. The topological polar surface area (TPSA) is 132 Å². The first kappa shape index (κ1) is 27.3. The molecule has 4 rings (SSSR count). The van der Waals surface area contributed by atoms with Gasteiger partial charge in [-0.2, -0.15) is 0 Å². The predicted octanol–water partition coefficient (Wildman–Crippen LogP) is 3.98. The van der Waals surface area contributed by atoms with Gasteiger partial charge in [0, 0.05) is 18.3 Å². The van der Waals surface area contributed by atoms with E-state index in [2.05, 4.69) is 6.92 Å². The van der Waals surface area contributed by atoms with Crippen LogP contribution in [-0.2, 0) is 14.4 Å². The fraction of sp³-hybridized carbons (Fsp3) is 0.731. The van der Waals surface area contributed by atoms with E-state index in [0.717, 1.165) is 44.1 Å². The maximum Gasteiger partial charge on any atom is 0.303 e. The Morgan fingerprint density at radius 3 is 2.06 bits per heavy atom. The number of carboxylic acid groups (broad SMARTS) is 2. The van der Waals surface area contributed by atoms with Crippen molar-refractivity contribution >= 4 is 17.7 Å². The van der Waals surface area contributed by atoms with Crippen molar-refractivity contribution in [1.29, 1.82) is 0 Å². The van der Waals surface area contributed by atoms with Crippen LogP contribution in [0.25, 0.3) is 0 Å². The van der Waals surface area contributed by atoms with Gasteiger partial charge in [-0.25, -0.2) is 0 Å². The minimum absolute atomic E-state index is 0.000229. The number of allylic oxidation sites excluding steroid dienone is 2. The van der Waals surface area contributed by atoms with Gasteiger partial charge in [0.05, 0.1) is 12.2 Å². The average Bonchev–Trinajstić information content (AvgIpc) is 3.03. The van der Waals surface area contributed by atoms with Crippen LogP contribution in [0.5, 0.6) is 0 Å². The molecule has 0 saturated heterocycles. The van der Waals surface area contributed by atoms with E-state index in [9.17, 15) is 24.6 Å². The third-order valence-corrected chi connectivity index (χ3v) is 8.73. The van der Waals surface area contributed by atoms with Gasteiger partial charge in [0.2, 0.25) is 0 Å². The van der Waals surface area contributed by atoms with Crippen molar-refractivity contribution in [2.24, 2.45) is 28.6 Å². The molecule has 4 N–H and O–H groups in total. The maximum absolute atomic E-state index is 11.8. The normalized spacial score (nSPS) is 38.3. The van der Waals surface area contributed by atoms with Crippen molar-refractivity contribution in [2.45, 2.75) is 84.7 Å². The summed E-state index contributed by atoms with van der Waals surface area (Å²) in [4.78, 5) is 30.5. The number of fused-ring (bicyclic) bond motifs is 5. The summed E-state index contributed by atoms with van der Waals surface area (Å²) in [5.41, 5.74) is 0.248. The minimum Gasteiger partial charge on any atom is -0.481 e. The van der Waals surface area contributed by atoms with Crippen molar-refractivity contribution in [3.05, 3.63) is 23.8 Å². The van der Waals surface area contributed by atoms with E-state index >= 15 is 0 Å². The van der Waals surface area contributed by atoms with Gasteiger partial charge in [0.1, 0.15) is 0 Å². The first-order chi connectivity index (χ1) is 15.4. The Labute approximate surface area is 196 Å². The molecule has 0 aromatic rings. The molecular weight excluding hydrogens is 424 g/mol. The van der Waals surface area contributed by atoms with Crippen molar-refractivity contribution in [1.82, 2.24) is 0 Å². The lowest BCUT2D eigenvalue weighted by Crippen LogP contribution is -2.54. The molecule has 0 aliphatic heterocycles. The number of carbonyl (C=O) groups is 3. The van der Waals surface area contributed by atoms with E-state index in [1.54, 1.807) is 26.0 Å². The third-order valence-electron chi connectivity index (χ3n) is 8.73. The number of aliphatic hydroxyl groups is 2. The molecule has 33 heavy (non-hydrogen) atoms. The minimum atomic E-state index is -0.745. The molecule has 4 aliphatic carbocycles. The quantitative estimate of drug-likeness (QED) is 0.497. The summed E-state index contributed by atoms with van der Waals surface area (Å²) in [6.07, 6.45) is 11.9. The molecule has 0 spiro atoms. The highest BCUT2D eigenvalue weighted by Crippen LogP contribution is 2.66. The number of hydrogen-bond acceptors (Lipinski definition) is 5. The van der Waals surface area contributed by atoms with Crippen LogP contribution in [0.15, 0.2) is 23.8 Å². The first-order valence-corrected chi connectivity index (χ1v) is 12.1. The number of ketones is 1. The Morgan fingerprint density at radius 1 is 1.00 bits per heavy atom. The third kappa shape index (κ3) is 5.24. The Morgan fingerprint density at radius 2 is 1.55 bits per heavy atom. The fourth-order valence-corrected chi connectivity index (χ4v) is 6.53. The van der Waals surface area contributed by atoms with Crippen LogP contribution in [0.3, 0.4) is 0 Å². The molecule has 7 heteroatoms. The lowest BCUT2D eigenvalue weighted by molar-refractivity contribution is -0.137. The summed E-state index contributed by atoms with van der Waals surface area (Å²) in [7, 11) is 0. The molecule has 0 aromatic carbocycles. The molecular formula is C26H40O7. The first-order valence-electron chi connectivity index (χ1n) is 12.1. The average molecular weight is 465 g/mol. The zero-order valence-corrected chi connectivity index (χ0v) is 20.3. The van der Waals surface area contributed by atoms with Crippen LogP contribution in [0.2, 0.25) is 0 Å². The van der Waals surface area contributed by atoms with Gasteiger partial charge < -0.3 is 20.4 Å². The second-order valence-corrected chi connectivity index (χ2v) is 10.3. The van der Waals surface area contributed by atoms with E-state index in [0.29, 0.717) is 17.8 Å². The van der Waals surface area contributed by atoms with E-state index in [4.69, 9.17) is 10.2 Å². The highest BCUT2D eigenvalue weighted by atomic mass is 16.4. The zero-order valence-electron chi connectivity index (χ0n) is 20.3. The molecule has 0 bridgehead atoms. The van der Waals surface area contributed by atoms with E-state index < -0.39 is 17.5 Å². The number of hydrogen-bond donors (Lipinski definition) is 4. The Bertz CT molecular complexity index is 797. The van der Waals surface area contributed by atoms with Gasteiger partial charge in [0.15, 0.2) is 5.78 Å². The molecule has 186 valence electrons. The monoisotopic (exact) mass is 464 g/mol. The summed E-state index contributed by atoms with van der Waals surface area (Å²) in [6, 6.07) is 0. The summed E-state index contributed by atoms with van der Waals surface area (Å²) >= 11 is 0. The maximum atomic E-state index is 11.8. The Balaban J connectivity index is 0.000000327. The zero-order chi connectivity index (χ0) is 25.0. The summed E-state index contributed by atoms with van der Waals surface area (Å²) in [6.45, 7) is 7.59. The largest absolute Gasteiger partial charge is 0.481 e. The van der Waals surface area contributed by atoms with Crippen LogP contribution < -0.4 is 0 Å². The molecule has 3 fully saturated rings. The van der Waals surface area contributed by atoms with Crippen LogP contribution in [-0.4, -0.2) is 50.4 Å². The smallest absolute Gasteiger partial charge is 0.303 e. The number of aliphatic carboxylic acids is 2. The van der Waals surface area contributed by atoms with Crippen molar-refractivity contribution < 1.29 is 34.8 Å². The Hall–Kier alpha value is -1.99. The summed E-state index contributed by atoms with van der Waals surface area (Å²) < 4.78 is 0. The second kappa shape index (κ2) is 10.5. The number of rotatable bonds is 3. The molecule has 0 aromatic heterocycles. The van der Waals surface area contributed by atoms with Crippen LogP contribution >= 0.6 is 0 Å². The Kier molecular flexibility index (Phi) is 8.68. The molecule has 0 heterocycles. The van der Waals surface area contributed by atoms with E-state index in [1.807, 2.05) is 13.0 Å². The second-order valence-electron chi connectivity index (χ2n) is 10.3. The molecule has 0 unspecified atom stereocenters. The molecule has 0 amide bonds. The van der Waals surface area contributed by atoms with Gasteiger partial charge in [-0.3, -0.25) is 14.4 Å². The molecule has 7 nitrogen and oxygen atoms in total. The van der Waals surface area contributed by atoms with Crippen LogP contribution in [0.1, 0.15) is 79.1 Å². The van der Waals surface area contributed by atoms with E-state index in [1.165, 1.54) is 0 Å².